The molecule has 0 unspecified atom stereocenters. The van der Waals surface area contributed by atoms with Gasteiger partial charge in [0.05, 0.1) is 12.3 Å². The molecule has 136 valence electrons. The average molecular weight is 367 g/mol. The van der Waals surface area contributed by atoms with Gasteiger partial charge in [-0.3, -0.25) is 9.78 Å². The van der Waals surface area contributed by atoms with Gasteiger partial charge in [-0.1, -0.05) is 39.0 Å². The molecular weight excluding hydrogens is 340 g/mol. The van der Waals surface area contributed by atoms with Gasteiger partial charge in [0.25, 0.3) is 0 Å². The van der Waals surface area contributed by atoms with Gasteiger partial charge in [-0.05, 0) is 48.0 Å². The van der Waals surface area contributed by atoms with Crippen LogP contribution in [0, 0.1) is 0 Å². The normalized spacial score (nSPS) is 12.5. The topological polar surface area (TPSA) is 55.0 Å². The zero-order valence-electron chi connectivity index (χ0n) is 16.1. The number of H-pyrrole nitrogens is 1. The monoisotopic (exact) mass is 366 g/mol. The van der Waals surface area contributed by atoms with Crippen molar-refractivity contribution in [3.8, 4) is 0 Å². The third-order valence-corrected chi connectivity index (χ3v) is 9.72. The van der Waals surface area contributed by atoms with Crippen LogP contribution in [0.3, 0.4) is 0 Å². The number of benzene rings is 1. The fraction of sp³-hybridized carbons (Fsp3) is 0.333. The van der Waals surface area contributed by atoms with Gasteiger partial charge in [0.15, 0.2) is 8.32 Å². The van der Waals surface area contributed by atoms with E-state index < -0.39 is 8.32 Å². The van der Waals surface area contributed by atoms with Gasteiger partial charge in [-0.15, -0.1) is 0 Å². The van der Waals surface area contributed by atoms with Gasteiger partial charge in [-0.25, -0.2) is 0 Å². The van der Waals surface area contributed by atoms with Gasteiger partial charge < -0.3 is 9.41 Å². The van der Waals surface area contributed by atoms with Crippen LogP contribution in [0.2, 0.25) is 18.1 Å². The Morgan fingerprint density at radius 3 is 2.58 bits per heavy atom. The first-order chi connectivity index (χ1) is 12.2. The molecule has 0 saturated heterocycles. The largest absolute Gasteiger partial charge is 0.413 e. The molecule has 26 heavy (non-hydrogen) atoms. The first-order valence-corrected chi connectivity index (χ1v) is 11.8. The molecule has 3 rings (SSSR count). The van der Waals surface area contributed by atoms with Gasteiger partial charge in [-0.2, -0.15) is 0 Å². The van der Waals surface area contributed by atoms with E-state index >= 15 is 0 Å². The Labute approximate surface area is 155 Å². The van der Waals surface area contributed by atoms with Gasteiger partial charge in [0.1, 0.15) is 5.69 Å². The van der Waals surface area contributed by atoms with Crippen LogP contribution in [0.25, 0.3) is 10.9 Å². The number of pyridine rings is 1. The highest BCUT2D eigenvalue weighted by Crippen LogP contribution is 2.37. The van der Waals surface area contributed by atoms with E-state index in [1.165, 1.54) is 0 Å². The molecule has 1 N–H and O–H groups in total. The highest BCUT2D eigenvalue weighted by Gasteiger charge is 2.37. The molecule has 0 aliphatic rings. The van der Waals surface area contributed by atoms with E-state index in [-0.39, 0.29) is 10.8 Å². The molecule has 0 bridgehead atoms. The predicted molar refractivity (Wildman–Crippen MR) is 108 cm³/mol. The number of aromatic nitrogens is 2. The summed E-state index contributed by atoms with van der Waals surface area (Å²) in [4.78, 5) is 20.2. The van der Waals surface area contributed by atoms with Crippen molar-refractivity contribution >= 4 is 25.0 Å². The molecule has 0 radical (unpaired) electrons. The van der Waals surface area contributed by atoms with Crippen molar-refractivity contribution < 1.29 is 9.22 Å². The lowest BCUT2D eigenvalue weighted by Gasteiger charge is -2.36. The third-order valence-electron chi connectivity index (χ3n) is 5.24. The van der Waals surface area contributed by atoms with E-state index in [9.17, 15) is 4.79 Å². The summed E-state index contributed by atoms with van der Waals surface area (Å²) in [7, 11) is -1.83. The summed E-state index contributed by atoms with van der Waals surface area (Å²) >= 11 is 0. The summed E-state index contributed by atoms with van der Waals surface area (Å²) in [6, 6.07) is 13.5. The van der Waals surface area contributed by atoms with Gasteiger partial charge in [0.2, 0.25) is 5.78 Å². The van der Waals surface area contributed by atoms with Crippen LogP contribution >= 0.6 is 0 Å². The second kappa shape index (κ2) is 6.82. The molecule has 0 amide bonds. The summed E-state index contributed by atoms with van der Waals surface area (Å²) in [5.74, 6) is -0.102. The van der Waals surface area contributed by atoms with Crippen LogP contribution in [0.1, 0.15) is 42.5 Å². The second-order valence-electron chi connectivity index (χ2n) is 8.20. The van der Waals surface area contributed by atoms with Gasteiger partial charge in [0, 0.05) is 17.1 Å². The fourth-order valence-electron chi connectivity index (χ4n) is 2.50. The van der Waals surface area contributed by atoms with Crippen LogP contribution in [0.15, 0.2) is 48.7 Å². The zero-order chi connectivity index (χ0) is 18.9. The summed E-state index contributed by atoms with van der Waals surface area (Å²) in [6.45, 7) is 11.6. The van der Waals surface area contributed by atoms with Crippen molar-refractivity contribution in [2.75, 3.05) is 0 Å². The van der Waals surface area contributed by atoms with Crippen molar-refractivity contribution in [2.24, 2.45) is 0 Å². The van der Waals surface area contributed by atoms with E-state index in [1.807, 2.05) is 42.5 Å². The number of carbonyl (C=O) groups is 1. The molecule has 5 heteroatoms. The number of ketones is 1. The van der Waals surface area contributed by atoms with Crippen molar-refractivity contribution in [3.63, 3.8) is 0 Å². The maximum Gasteiger partial charge on any atom is 0.227 e. The summed E-state index contributed by atoms with van der Waals surface area (Å²) in [6.07, 6.45) is 1.68. The van der Waals surface area contributed by atoms with Crippen LogP contribution in [-0.2, 0) is 11.0 Å². The van der Waals surface area contributed by atoms with E-state index in [2.05, 4.69) is 43.8 Å². The Hall–Kier alpha value is -2.24. The maximum absolute atomic E-state index is 12.8. The molecule has 0 spiro atoms. The number of hydrogen-bond acceptors (Lipinski definition) is 3. The van der Waals surface area contributed by atoms with Gasteiger partial charge >= 0.3 is 0 Å². The summed E-state index contributed by atoms with van der Waals surface area (Å²) in [5.41, 5.74) is 2.92. The molecule has 2 heterocycles. The highest BCUT2D eigenvalue weighted by molar-refractivity contribution is 6.74. The second-order valence-corrected chi connectivity index (χ2v) is 13.0. The Morgan fingerprint density at radius 2 is 1.88 bits per heavy atom. The molecule has 1 aromatic carbocycles. The summed E-state index contributed by atoms with van der Waals surface area (Å²) in [5, 5.41) is 1.18. The number of nitrogens with one attached hydrogen (secondary N) is 1. The van der Waals surface area contributed by atoms with Crippen molar-refractivity contribution in [2.45, 2.75) is 45.5 Å². The van der Waals surface area contributed by atoms with Crippen molar-refractivity contribution in [1.82, 2.24) is 9.97 Å². The summed E-state index contributed by atoms with van der Waals surface area (Å²) < 4.78 is 6.26. The van der Waals surface area contributed by atoms with Crippen molar-refractivity contribution in [1.29, 1.82) is 0 Å². The molecule has 4 nitrogen and oxygen atoms in total. The number of fused-ring (bicyclic) bond motifs is 1. The Bertz CT molecular complexity index is 905. The SMILES string of the molecule is CC(C)(C)[Si](C)(C)OCc1ccnc(C(=O)c2cc3ccccc3[nH]2)c1. The highest BCUT2D eigenvalue weighted by atomic mass is 28.4. The molecule has 2 aromatic heterocycles. The van der Waals surface area contributed by atoms with Crippen LogP contribution in [-0.4, -0.2) is 24.1 Å². The van der Waals surface area contributed by atoms with E-state index in [0.29, 0.717) is 18.0 Å². The maximum atomic E-state index is 12.8. The van der Waals surface area contributed by atoms with Crippen LogP contribution in [0.5, 0.6) is 0 Å². The number of carbonyl (C=O) groups excluding carboxylic acids is 1. The molecule has 0 aliphatic carbocycles. The molecule has 0 saturated carbocycles. The molecular formula is C21H26N2O2Si. The van der Waals surface area contributed by atoms with Crippen molar-refractivity contribution in [3.05, 3.63) is 65.6 Å². The van der Waals surface area contributed by atoms with E-state index in [4.69, 9.17) is 4.43 Å². The molecule has 3 aromatic rings. The minimum atomic E-state index is -1.83. The predicted octanol–water partition coefficient (Wildman–Crippen LogP) is 5.32. The Kier molecular flexibility index (Phi) is 4.86. The minimum Gasteiger partial charge on any atom is -0.413 e. The number of para-hydroxylation sites is 1. The third kappa shape index (κ3) is 3.79. The standard InChI is InChI=1S/C21H26N2O2Si/c1-21(2,3)26(4,5)25-14-15-10-11-22-18(12-15)20(24)19-13-16-8-6-7-9-17(16)23-19/h6-13,23H,14H2,1-5H3. The quantitative estimate of drug-likeness (QED) is 0.491. The number of rotatable bonds is 5. The first-order valence-electron chi connectivity index (χ1n) is 8.89. The fourth-order valence-corrected chi connectivity index (χ4v) is 3.46. The number of hydrogen-bond donors (Lipinski definition) is 1. The average Bonchev–Trinajstić information content (AvgIpc) is 3.03. The number of nitrogens with zero attached hydrogens (tertiary/aromatic N) is 1. The molecule has 0 aliphatic heterocycles. The molecule has 0 fully saturated rings. The van der Waals surface area contributed by atoms with Crippen LogP contribution < -0.4 is 0 Å². The first kappa shape index (κ1) is 18.5. The number of aromatic amines is 1. The van der Waals surface area contributed by atoms with E-state index in [1.54, 1.807) is 6.20 Å². The van der Waals surface area contributed by atoms with Crippen LogP contribution in [0.4, 0.5) is 0 Å². The van der Waals surface area contributed by atoms with E-state index in [0.717, 1.165) is 16.5 Å². The lowest BCUT2D eigenvalue weighted by Crippen LogP contribution is -2.40. The lowest BCUT2D eigenvalue weighted by atomic mass is 10.1. The smallest absolute Gasteiger partial charge is 0.227 e. The Balaban J connectivity index is 1.79. The molecule has 0 atom stereocenters. The lowest BCUT2D eigenvalue weighted by molar-refractivity contribution is 0.103. The zero-order valence-corrected chi connectivity index (χ0v) is 17.1. The Morgan fingerprint density at radius 1 is 1.15 bits per heavy atom. The minimum absolute atomic E-state index is 0.102.